The first kappa shape index (κ1) is 17.3. The lowest BCUT2D eigenvalue weighted by Crippen LogP contribution is -2.37. The van der Waals surface area contributed by atoms with Crippen molar-refractivity contribution in [2.75, 3.05) is 19.3 Å². The molecule has 5 nitrogen and oxygen atoms in total. The largest absolute Gasteiger partial charge is 0.356 e. The zero-order valence-electron chi connectivity index (χ0n) is 13.4. The van der Waals surface area contributed by atoms with Gasteiger partial charge in [-0.2, -0.15) is 5.10 Å². The quantitative estimate of drug-likeness (QED) is 0.353. The lowest BCUT2D eigenvalue weighted by Gasteiger charge is -2.11. The average Bonchev–Trinajstić information content (AvgIpc) is 2.97. The number of thioether (sulfide) groups is 1. The SMILES string of the molecule is CN=C(NCCCSc1ccc(F)cc1)NCc1ccnn1C. The van der Waals surface area contributed by atoms with Crippen LogP contribution in [0, 0.1) is 5.82 Å². The smallest absolute Gasteiger partial charge is 0.191 e. The summed E-state index contributed by atoms with van der Waals surface area (Å²) in [7, 11) is 3.67. The summed E-state index contributed by atoms with van der Waals surface area (Å²) in [6.07, 6.45) is 2.77. The number of aromatic nitrogens is 2. The fourth-order valence-electron chi connectivity index (χ4n) is 1.97. The van der Waals surface area contributed by atoms with Crippen LogP contribution in [0.2, 0.25) is 0 Å². The van der Waals surface area contributed by atoms with E-state index in [1.165, 1.54) is 12.1 Å². The molecule has 0 radical (unpaired) electrons. The molecule has 0 unspecified atom stereocenters. The van der Waals surface area contributed by atoms with E-state index in [0.717, 1.165) is 35.3 Å². The van der Waals surface area contributed by atoms with Gasteiger partial charge in [-0.05, 0) is 42.5 Å². The summed E-state index contributed by atoms with van der Waals surface area (Å²) in [5.41, 5.74) is 1.10. The molecule has 1 aromatic carbocycles. The second-order valence-electron chi connectivity index (χ2n) is 4.95. The maximum atomic E-state index is 12.8. The van der Waals surface area contributed by atoms with Crippen LogP contribution < -0.4 is 10.6 Å². The highest BCUT2D eigenvalue weighted by atomic mass is 32.2. The first-order valence-electron chi connectivity index (χ1n) is 7.49. The molecule has 23 heavy (non-hydrogen) atoms. The van der Waals surface area contributed by atoms with Crippen LogP contribution in [0.3, 0.4) is 0 Å². The average molecular weight is 335 g/mol. The van der Waals surface area contributed by atoms with E-state index in [1.54, 1.807) is 25.0 Å². The molecule has 2 rings (SSSR count). The van der Waals surface area contributed by atoms with Crippen molar-refractivity contribution in [1.82, 2.24) is 20.4 Å². The molecule has 0 saturated heterocycles. The Labute approximate surface area is 140 Å². The third-order valence-electron chi connectivity index (χ3n) is 3.28. The van der Waals surface area contributed by atoms with Gasteiger partial charge in [-0.25, -0.2) is 4.39 Å². The number of hydrogen-bond acceptors (Lipinski definition) is 3. The van der Waals surface area contributed by atoms with Crippen LogP contribution in [-0.4, -0.2) is 35.1 Å². The number of aryl methyl sites for hydroxylation is 1. The van der Waals surface area contributed by atoms with Gasteiger partial charge in [0.05, 0.1) is 12.2 Å². The predicted octanol–water partition coefficient (Wildman–Crippen LogP) is 2.41. The minimum Gasteiger partial charge on any atom is -0.356 e. The second-order valence-corrected chi connectivity index (χ2v) is 6.12. The Hall–Kier alpha value is -2.02. The molecule has 1 aromatic heterocycles. The van der Waals surface area contributed by atoms with Gasteiger partial charge in [-0.15, -0.1) is 11.8 Å². The van der Waals surface area contributed by atoms with Gasteiger partial charge in [-0.1, -0.05) is 0 Å². The monoisotopic (exact) mass is 335 g/mol. The standard InChI is InChI=1S/C16H22FN5S/c1-18-16(20-12-14-8-10-21-22(14)2)19-9-3-11-23-15-6-4-13(17)5-7-15/h4-8,10H,3,9,11-12H2,1-2H3,(H2,18,19,20). The van der Waals surface area contributed by atoms with Gasteiger partial charge < -0.3 is 10.6 Å². The summed E-state index contributed by atoms with van der Waals surface area (Å²) in [5, 5.41) is 10.7. The van der Waals surface area contributed by atoms with Gasteiger partial charge in [0, 0.05) is 31.7 Å². The maximum absolute atomic E-state index is 12.8. The molecular formula is C16H22FN5S. The highest BCUT2D eigenvalue weighted by Gasteiger charge is 2.01. The molecular weight excluding hydrogens is 313 g/mol. The zero-order valence-corrected chi connectivity index (χ0v) is 14.2. The minimum atomic E-state index is -0.195. The summed E-state index contributed by atoms with van der Waals surface area (Å²) < 4.78 is 14.6. The summed E-state index contributed by atoms with van der Waals surface area (Å²) in [4.78, 5) is 5.29. The molecule has 0 saturated carbocycles. The molecule has 0 bridgehead atoms. The Morgan fingerprint density at radius 2 is 2.04 bits per heavy atom. The van der Waals surface area contributed by atoms with Crippen LogP contribution in [-0.2, 0) is 13.6 Å². The number of rotatable bonds is 7. The van der Waals surface area contributed by atoms with Gasteiger partial charge >= 0.3 is 0 Å². The Balaban J connectivity index is 1.62. The predicted molar refractivity (Wildman–Crippen MR) is 93.2 cm³/mol. The molecule has 0 aliphatic carbocycles. The van der Waals surface area contributed by atoms with Crippen LogP contribution in [0.15, 0.2) is 46.4 Å². The Bertz CT molecular complexity index is 624. The van der Waals surface area contributed by atoms with Gasteiger partial charge in [-0.3, -0.25) is 9.67 Å². The molecule has 0 fully saturated rings. The third-order valence-corrected chi connectivity index (χ3v) is 4.38. The van der Waals surface area contributed by atoms with E-state index in [9.17, 15) is 4.39 Å². The number of nitrogens with zero attached hydrogens (tertiary/aromatic N) is 3. The summed E-state index contributed by atoms with van der Waals surface area (Å²) in [6.45, 7) is 1.51. The molecule has 2 N–H and O–H groups in total. The highest BCUT2D eigenvalue weighted by Crippen LogP contribution is 2.18. The van der Waals surface area contributed by atoms with E-state index in [-0.39, 0.29) is 5.82 Å². The Morgan fingerprint density at radius 1 is 1.26 bits per heavy atom. The second kappa shape index (κ2) is 9.19. The van der Waals surface area contributed by atoms with Gasteiger partial charge in [0.1, 0.15) is 5.82 Å². The van der Waals surface area contributed by atoms with Crippen molar-refractivity contribution in [2.45, 2.75) is 17.9 Å². The summed E-state index contributed by atoms with van der Waals surface area (Å²) in [6, 6.07) is 8.57. The normalized spacial score (nSPS) is 11.5. The van der Waals surface area contributed by atoms with Crippen molar-refractivity contribution < 1.29 is 4.39 Å². The van der Waals surface area contributed by atoms with Crippen LogP contribution in [0.1, 0.15) is 12.1 Å². The Morgan fingerprint density at radius 3 is 2.70 bits per heavy atom. The minimum absolute atomic E-state index is 0.195. The molecule has 124 valence electrons. The lowest BCUT2D eigenvalue weighted by atomic mass is 10.4. The van der Waals surface area contributed by atoms with E-state index < -0.39 is 0 Å². The van der Waals surface area contributed by atoms with E-state index in [2.05, 4.69) is 20.7 Å². The van der Waals surface area contributed by atoms with E-state index in [4.69, 9.17) is 0 Å². The molecule has 0 spiro atoms. The molecule has 0 atom stereocenters. The molecule has 0 amide bonds. The van der Waals surface area contributed by atoms with Crippen LogP contribution >= 0.6 is 11.8 Å². The van der Waals surface area contributed by atoms with Crippen LogP contribution in [0.25, 0.3) is 0 Å². The van der Waals surface area contributed by atoms with Crippen molar-refractivity contribution in [2.24, 2.45) is 12.0 Å². The van der Waals surface area contributed by atoms with E-state index >= 15 is 0 Å². The fraction of sp³-hybridized carbons (Fsp3) is 0.375. The number of nitrogens with one attached hydrogen (secondary N) is 2. The van der Waals surface area contributed by atoms with Crippen LogP contribution in [0.5, 0.6) is 0 Å². The maximum Gasteiger partial charge on any atom is 0.191 e. The fourth-order valence-corrected chi connectivity index (χ4v) is 2.82. The van der Waals surface area contributed by atoms with Crippen molar-refractivity contribution in [3.63, 3.8) is 0 Å². The van der Waals surface area contributed by atoms with Gasteiger partial charge in [0.15, 0.2) is 5.96 Å². The van der Waals surface area contributed by atoms with E-state index in [1.807, 2.05) is 29.9 Å². The number of aliphatic imine (C=N–C) groups is 1. The number of benzene rings is 1. The number of guanidine groups is 1. The summed E-state index contributed by atoms with van der Waals surface area (Å²) in [5.74, 6) is 1.55. The number of halogens is 1. The van der Waals surface area contributed by atoms with Crippen molar-refractivity contribution in [3.05, 3.63) is 48.0 Å². The molecule has 0 aliphatic rings. The molecule has 2 aromatic rings. The molecule has 1 heterocycles. The van der Waals surface area contributed by atoms with Gasteiger partial charge in [0.2, 0.25) is 0 Å². The Kier molecular flexibility index (Phi) is 6.93. The third kappa shape index (κ3) is 5.94. The topological polar surface area (TPSA) is 54.2 Å². The first-order valence-corrected chi connectivity index (χ1v) is 8.47. The van der Waals surface area contributed by atoms with E-state index in [0.29, 0.717) is 6.54 Å². The van der Waals surface area contributed by atoms with Crippen LogP contribution in [0.4, 0.5) is 4.39 Å². The van der Waals surface area contributed by atoms with Crippen molar-refractivity contribution >= 4 is 17.7 Å². The lowest BCUT2D eigenvalue weighted by molar-refractivity contribution is 0.626. The molecule has 0 aliphatic heterocycles. The first-order chi connectivity index (χ1) is 11.2. The number of hydrogen-bond donors (Lipinski definition) is 2. The van der Waals surface area contributed by atoms with Crippen molar-refractivity contribution in [3.8, 4) is 0 Å². The zero-order chi connectivity index (χ0) is 16.5. The summed E-state index contributed by atoms with van der Waals surface area (Å²) >= 11 is 1.72. The van der Waals surface area contributed by atoms with Gasteiger partial charge in [0.25, 0.3) is 0 Å². The molecule has 7 heteroatoms. The highest BCUT2D eigenvalue weighted by molar-refractivity contribution is 7.99. The van der Waals surface area contributed by atoms with Crippen molar-refractivity contribution in [1.29, 1.82) is 0 Å².